The van der Waals surface area contributed by atoms with Crippen molar-refractivity contribution in [1.82, 2.24) is 9.47 Å². The van der Waals surface area contributed by atoms with Crippen molar-refractivity contribution in [3.63, 3.8) is 0 Å². The molecule has 1 atom stereocenters. The third kappa shape index (κ3) is 2.70. The molecule has 5 nitrogen and oxygen atoms in total. The lowest BCUT2D eigenvalue weighted by Crippen LogP contribution is -2.51. The second-order valence-electron chi connectivity index (χ2n) is 7.26. The maximum absolute atomic E-state index is 10.2. The summed E-state index contributed by atoms with van der Waals surface area (Å²) in [6, 6.07) is 15.7. The van der Waals surface area contributed by atoms with Crippen LogP contribution < -0.4 is 10.2 Å². The van der Waals surface area contributed by atoms with E-state index in [4.69, 9.17) is 22.3 Å². The average molecular weight is 382 g/mol. The molecule has 0 amide bonds. The van der Waals surface area contributed by atoms with Crippen molar-refractivity contribution < 1.29 is 5.11 Å². The summed E-state index contributed by atoms with van der Waals surface area (Å²) in [5.74, 6) is 1.37. The Morgan fingerprint density at radius 3 is 2.48 bits per heavy atom. The van der Waals surface area contributed by atoms with Gasteiger partial charge in [0.25, 0.3) is 0 Å². The fourth-order valence-corrected chi connectivity index (χ4v) is 4.15. The van der Waals surface area contributed by atoms with Crippen LogP contribution in [0, 0.1) is 5.92 Å². The van der Waals surface area contributed by atoms with Gasteiger partial charge in [0.15, 0.2) is 17.2 Å². The summed E-state index contributed by atoms with van der Waals surface area (Å²) in [6.45, 7) is 4.89. The van der Waals surface area contributed by atoms with Crippen LogP contribution in [0.4, 0.5) is 22.9 Å². The highest BCUT2D eigenvalue weighted by Gasteiger charge is 2.48. The van der Waals surface area contributed by atoms with E-state index >= 15 is 0 Å². The van der Waals surface area contributed by atoms with Gasteiger partial charge in [0.1, 0.15) is 12.3 Å². The molecule has 3 aromatic rings. The van der Waals surface area contributed by atoms with Gasteiger partial charge in [0.2, 0.25) is 5.84 Å². The molecule has 138 valence electrons. The molecule has 0 fully saturated rings. The molecule has 27 heavy (non-hydrogen) atoms. The highest BCUT2D eigenvalue weighted by molar-refractivity contribution is 6.30. The molecule has 1 unspecified atom stereocenters. The molecule has 0 saturated heterocycles. The van der Waals surface area contributed by atoms with E-state index in [1.807, 2.05) is 48.5 Å². The highest BCUT2D eigenvalue weighted by atomic mass is 35.5. The Morgan fingerprint density at radius 2 is 1.81 bits per heavy atom. The molecule has 0 bridgehead atoms. The molecule has 0 radical (unpaired) electrons. The molecule has 4 rings (SSSR count). The van der Waals surface area contributed by atoms with Gasteiger partial charge in [0.05, 0.1) is 17.4 Å². The number of hydrogen-bond acceptors (Lipinski definition) is 4. The summed E-state index contributed by atoms with van der Waals surface area (Å²) in [5, 5.41) is 11.9. The number of nitrogens with zero attached hydrogens (tertiary/aromatic N) is 3. The van der Waals surface area contributed by atoms with Crippen molar-refractivity contribution in [2.45, 2.75) is 13.8 Å². The SMILES string of the molecule is CC(C)C[N+]1(c2ccc(Cl)cc2)C(CO)=Nc2c(N)nc3ccccc3c21. The van der Waals surface area contributed by atoms with Crippen LogP contribution in [-0.4, -0.2) is 29.1 Å². The molecule has 0 saturated carbocycles. The van der Waals surface area contributed by atoms with Gasteiger partial charge in [-0.3, -0.25) is 0 Å². The third-order valence-corrected chi connectivity index (χ3v) is 5.23. The fourth-order valence-electron chi connectivity index (χ4n) is 4.02. The summed E-state index contributed by atoms with van der Waals surface area (Å²) in [5.41, 5.74) is 9.71. The molecule has 3 N–H and O–H groups in total. The Bertz CT molecular complexity index is 1050. The number of halogens is 1. The van der Waals surface area contributed by atoms with Crippen molar-refractivity contribution in [3.05, 3.63) is 53.6 Å². The highest BCUT2D eigenvalue weighted by Crippen LogP contribution is 2.52. The van der Waals surface area contributed by atoms with E-state index in [1.54, 1.807) is 0 Å². The minimum absolute atomic E-state index is 0.169. The van der Waals surface area contributed by atoms with Gasteiger partial charge in [-0.05, 0) is 24.3 Å². The number of aliphatic imine (C=N–C) groups is 1. The number of fused-ring (bicyclic) bond motifs is 3. The lowest BCUT2D eigenvalue weighted by atomic mass is 10.0. The van der Waals surface area contributed by atoms with Gasteiger partial charge < -0.3 is 10.8 Å². The number of benzene rings is 2. The summed E-state index contributed by atoms with van der Waals surface area (Å²) in [7, 11) is 0. The number of aliphatic hydroxyl groups excluding tert-OH is 1. The van der Waals surface area contributed by atoms with Crippen LogP contribution in [0.2, 0.25) is 5.02 Å². The van der Waals surface area contributed by atoms with E-state index in [1.165, 1.54) is 0 Å². The lowest BCUT2D eigenvalue weighted by molar-refractivity contribution is 0.335. The number of aromatic nitrogens is 1. The Hall–Kier alpha value is -2.47. The Labute approximate surface area is 163 Å². The van der Waals surface area contributed by atoms with Crippen molar-refractivity contribution in [1.29, 1.82) is 0 Å². The van der Waals surface area contributed by atoms with E-state index in [-0.39, 0.29) is 6.61 Å². The number of quaternary nitrogens is 1. The molecule has 0 spiro atoms. The van der Waals surface area contributed by atoms with Crippen molar-refractivity contribution in [2.24, 2.45) is 10.9 Å². The molecular weight excluding hydrogens is 360 g/mol. The first-order valence-electron chi connectivity index (χ1n) is 8.99. The van der Waals surface area contributed by atoms with Crippen molar-refractivity contribution >= 4 is 51.2 Å². The zero-order chi connectivity index (χ0) is 19.2. The topological polar surface area (TPSA) is 71.5 Å². The maximum Gasteiger partial charge on any atom is 0.240 e. The quantitative estimate of drug-likeness (QED) is 0.637. The van der Waals surface area contributed by atoms with E-state index < -0.39 is 0 Å². The summed E-state index contributed by atoms with van der Waals surface area (Å²) in [6.07, 6.45) is 0. The van der Waals surface area contributed by atoms with E-state index in [2.05, 4.69) is 18.8 Å². The van der Waals surface area contributed by atoms with Crippen molar-refractivity contribution in [2.75, 3.05) is 18.9 Å². The van der Waals surface area contributed by atoms with Crippen LogP contribution in [0.5, 0.6) is 0 Å². The Kier molecular flexibility index (Phi) is 4.38. The summed E-state index contributed by atoms with van der Waals surface area (Å²) >= 11 is 6.14. The number of anilines is 1. The van der Waals surface area contributed by atoms with Crippen LogP contribution in [0.1, 0.15) is 13.8 Å². The monoisotopic (exact) mass is 381 g/mol. The largest absolute Gasteiger partial charge is 0.384 e. The number of nitrogens with two attached hydrogens (primary N) is 1. The zero-order valence-corrected chi connectivity index (χ0v) is 16.1. The molecular formula is C21H22ClN4O+. The van der Waals surface area contributed by atoms with Gasteiger partial charge >= 0.3 is 0 Å². The minimum atomic E-state index is -0.169. The van der Waals surface area contributed by atoms with Gasteiger partial charge in [-0.15, -0.1) is 0 Å². The van der Waals surface area contributed by atoms with Crippen LogP contribution in [0.15, 0.2) is 53.5 Å². The Morgan fingerprint density at radius 1 is 1.11 bits per heavy atom. The average Bonchev–Trinajstić information content (AvgIpc) is 2.98. The molecule has 0 aliphatic carbocycles. The molecule has 1 aliphatic heterocycles. The minimum Gasteiger partial charge on any atom is -0.384 e. The van der Waals surface area contributed by atoms with Crippen LogP contribution in [0.3, 0.4) is 0 Å². The third-order valence-electron chi connectivity index (χ3n) is 4.98. The molecule has 6 heteroatoms. The summed E-state index contributed by atoms with van der Waals surface area (Å²) in [4.78, 5) is 9.27. The van der Waals surface area contributed by atoms with Gasteiger partial charge in [0, 0.05) is 23.1 Å². The Balaban J connectivity index is 2.13. The number of rotatable bonds is 4. The first-order chi connectivity index (χ1) is 13.0. The lowest BCUT2D eigenvalue weighted by Gasteiger charge is -2.36. The van der Waals surface area contributed by atoms with Gasteiger partial charge in [-0.1, -0.05) is 37.6 Å². The summed E-state index contributed by atoms with van der Waals surface area (Å²) < 4.78 is 0.327. The zero-order valence-electron chi connectivity index (χ0n) is 15.4. The van der Waals surface area contributed by atoms with Crippen molar-refractivity contribution in [3.8, 4) is 0 Å². The van der Waals surface area contributed by atoms with Gasteiger partial charge in [-0.2, -0.15) is 4.99 Å². The van der Waals surface area contributed by atoms with Gasteiger partial charge in [-0.25, -0.2) is 9.47 Å². The molecule has 1 aromatic heterocycles. The second-order valence-corrected chi connectivity index (χ2v) is 7.70. The number of hydrogen-bond donors (Lipinski definition) is 2. The predicted molar refractivity (Wildman–Crippen MR) is 113 cm³/mol. The standard InChI is InChI=1S/C21H22ClN4O/c1-13(2)11-26(15-9-7-14(22)8-10-15)18(12-27)25-19-20(26)16-5-3-4-6-17(16)24-21(19)23/h3-10,13,27H,11-12H2,1-2H3,(H2,23,24)/q+1. The van der Waals surface area contributed by atoms with Crippen LogP contribution in [-0.2, 0) is 0 Å². The predicted octanol–water partition coefficient (Wildman–Crippen LogP) is 4.80. The van der Waals surface area contributed by atoms with Crippen LogP contribution >= 0.6 is 11.6 Å². The second kappa shape index (κ2) is 6.60. The molecule has 2 aromatic carbocycles. The first-order valence-corrected chi connectivity index (χ1v) is 9.37. The van der Waals surface area contributed by atoms with E-state index in [0.29, 0.717) is 32.8 Å². The fraction of sp³-hybridized carbons (Fsp3) is 0.238. The van der Waals surface area contributed by atoms with Crippen LogP contribution in [0.25, 0.3) is 10.9 Å². The van der Waals surface area contributed by atoms with E-state index in [9.17, 15) is 5.11 Å². The molecule has 2 heterocycles. The molecule has 1 aliphatic rings. The first kappa shape index (κ1) is 17.9. The normalized spacial score (nSPS) is 18.8. The number of nitrogen functional groups attached to an aromatic ring is 1. The van der Waals surface area contributed by atoms with E-state index in [0.717, 1.165) is 28.8 Å². The maximum atomic E-state index is 10.2. The smallest absolute Gasteiger partial charge is 0.240 e. The number of aliphatic hydroxyl groups is 1. The number of amidine groups is 1. The number of pyridine rings is 1. The number of para-hydroxylation sites is 1.